The van der Waals surface area contributed by atoms with E-state index in [0.29, 0.717) is 10.6 Å². The molecule has 92 valence electrons. The van der Waals surface area contributed by atoms with Crippen LogP contribution in [0.5, 0.6) is 0 Å². The molecular weight excluding hydrogens is 274 g/mol. The van der Waals surface area contributed by atoms with E-state index in [1.165, 1.54) is 0 Å². The van der Waals surface area contributed by atoms with E-state index in [4.69, 9.17) is 18.0 Å². The van der Waals surface area contributed by atoms with Crippen molar-refractivity contribution < 1.29 is 8.42 Å². The highest BCUT2D eigenvalue weighted by Crippen LogP contribution is 2.18. The van der Waals surface area contributed by atoms with E-state index < -0.39 is 15.6 Å². The Labute approximate surface area is 109 Å². The Bertz CT molecular complexity index is 699. The van der Waals surface area contributed by atoms with Crippen LogP contribution >= 0.6 is 11.6 Å². The summed E-state index contributed by atoms with van der Waals surface area (Å²) in [5.41, 5.74) is 0.665. The highest BCUT2D eigenvalue weighted by atomic mass is 35.5. The molecule has 0 amide bonds. The molecule has 1 aromatic carbocycles. The van der Waals surface area contributed by atoms with Gasteiger partial charge in [0.1, 0.15) is 5.75 Å². The van der Waals surface area contributed by atoms with Crippen LogP contribution in [0, 0.1) is 12.3 Å². The molecular formula is C11H8ClN3O2S. The van der Waals surface area contributed by atoms with Gasteiger partial charge >= 0.3 is 0 Å². The van der Waals surface area contributed by atoms with Gasteiger partial charge in [-0.15, -0.1) is 6.42 Å². The number of aromatic amines is 1. The summed E-state index contributed by atoms with van der Waals surface area (Å²) in [5, 5.41) is 6.55. The average Bonchev–Trinajstić information content (AvgIpc) is 2.80. The highest BCUT2D eigenvalue weighted by Gasteiger charge is 2.18. The van der Waals surface area contributed by atoms with E-state index in [9.17, 15) is 8.42 Å². The van der Waals surface area contributed by atoms with Crippen molar-refractivity contribution in [1.82, 2.24) is 15.2 Å². The number of benzene rings is 1. The first-order valence-electron chi connectivity index (χ1n) is 4.87. The second-order valence-electron chi connectivity index (χ2n) is 3.43. The van der Waals surface area contributed by atoms with Crippen LogP contribution < -0.4 is 0 Å². The third-order valence-electron chi connectivity index (χ3n) is 2.14. The zero-order valence-corrected chi connectivity index (χ0v) is 10.7. The summed E-state index contributed by atoms with van der Waals surface area (Å²) in [6, 6.07) is 6.73. The molecule has 18 heavy (non-hydrogen) atoms. The summed E-state index contributed by atoms with van der Waals surface area (Å²) in [6.07, 6.45) is 4.98. The maximum absolute atomic E-state index is 11.6. The maximum atomic E-state index is 11.6. The minimum absolute atomic E-state index is 0.231. The number of aromatic nitrogens is 3. The van der Waals surface area contributed by atoms with E-state index in [1.54, 1.807) is 24.3 Å². The second kappa shape index (κ2) is 4.80. The van der Waals surface area contributed by atoms with E-state index in [1.807, 2.05) is 0 Å². The summed E-state index contributed by atoms with van der Waals surface area (Å²) >= 11 is 5.75. The smallest absolute Gasteiger partial charge is 0.244 e. The molecule has 5 nitrogen and oxygen atoms in total. The van der Waals surface area contributed by atoms with E-state index >= 15 is 0 Å². The Morgan fingerprint density at radius 1 is 1.33 bits per heavy atom. The predicted octanol–water partition coefficient (Wildman–Crippen LogP) is 1.53. The Balaban J connectivity index is 2.37. The van der Waals surface area contributed by atoms with Gasteiger partial charge in [-0.25, -0.2) is 13.5 Å². The number of terminal acetylenes is 1. The number of sulfone groups is 1. The molecule has 0 fully saturated rings. The minimum atomic E-state index is -3.60. The molecule has 0 radical (unpaired) electrons. The summed E-state index contributed by atoms with van der Waals surface area (Å²) < 4.78 is 23.3. The van der Waals surface area contributed by atoms with Crippen LogP contribution in [-0.2, 0) is 9.84 Å². The van der Waals surface area contributed by atoms with Crippen molar-refractivity contribution in [3.8, 4) is 23.7 Å². The Morgan fingerprint density at radius 3 is 2.61 bits per heavy atom. The summed E-state index contributed by atoms with van der Waals surface area (Å²) in [6.45, 7) is 0. The lowest BCUT2D eigenvalue weighted by Gasteiger charge is -1.94. The number of rotatable bonds is 3. The van der Waals surface area contributed by atoms with Gasteiger partial charge in [0.05, 0.1) is 0 Å². The third kappa shape index (κ3) is 2.53. The van der Waals surface area contributed by atoms with Gasteiger partial charge in [-0.2, -0.15) is 10.1 Å². The summed E-state index contributed by atoms with van der Waals surface area (Å²) in [5.74, 6) is 1.94. The molecule has 0 atom stereocenters. The van der Waals surface area contributed by atoms with Gasteiger partial charge in [-0.1, -0.05) is 17.5 Å². The number of H-pyrrole nitrogens is 1. The molecule has 0 aliphatic heterocycles. The monoisotopic (exact) mass is 281 g/mol. The van der Waals surface area contributed by atoms with Gasteiger partial charge in [0.2, 0.25) is 15.0 Å². The van der Waals surface area contributed by atoms with Crippen LogP contribution in [0.15, 0.2) is 29.4 Å². The molecule has 0 spiro atoms. The third-order valence-corrected chi connectivity index (χ3v) is 3.71. The molecule has 2 rings (SSSR count). The summed E-state index contributed by atoms with van der Waals surface area (Å²) in [4.78, 5) is 3.91. The predicted molar refractivity (Wildman–Crippen MR) is 67.7 cm³/mol. The largest absolute Gasteiger partial charge is 0.249 e. The van der Waals surface area contributed by atoms with E-state index in [-0.39, 0.29) is 11.0 Å². The van der Waals surface area contributed by atoms with Gasteiger partial charge in [-0.3, -0.25) is 0 Å². The van der Waals surface area contributed by atoms with Crippen molar-refractivity contribution in [3.63, 3.8) is 0 Å². The molecule has 1 aromatic heterocycles. The zero-order valence-electron chi connectivity index (χ0n) is 9.09. The molecule has 0 bridgehead atoms. The molecule has 2 aromatic rings. The number of nitrogens with one attached hydrogen (secondary N) is 1. The SMILES string of the molecule is C#CCS(=O)(=O)c1nc(-c2ccc(Cl)cc2)n[nH]1. The molecule has 7 heteroatoms. The number of nitrogens with zero attached hydrogens (tertiary/aromatic N) is 2. The lowest BCUT2D eigenvalue weighted by atomic mass is 10.2. The van der Waals surface area contributed by atoms with Crippen molar-refractivity contribution >= 4 is 21.4 Å². The van der Waals surface area contributed by atoms with Gasteiger partial charge in [0, 0.05) is 10.6 Å². The zero-order chi connectivity index (χ0) is 13.2. The van der Waals surface area contributed by atoms with Crippen molar-refractivity contribution in [2.75, 3.05) is 5.75 Å². The van der Waals surface area contributed by atoms with Crippen molar-refractivity contribution in [3.05, 3.63) is 29.3 Å². The molecule has 0 aliphatic rings. The van der Waals surface area contributed by atoms with Crippen molar-refractivity contribution in [1.29, 1.82) is 0 Å². The van der Waals surface area contributed by atoms with Crippen LogP contribution in [0.3, 0.4) is 0 Å². The van der Waals surface area contributed by atoms with Gasteiger partial charge in [-0.05, 0) is 24.3 Å². The number of hydrogen-bond donors (Lipinski definition) is 1. The first-order chi connectivity index (χ1) is 8.53. The average molecular weight is 282 g/mol. The van der Waals surface area contributed by atoms with Gasteiger partial charge < -0.3 is 0 Å². The quantitative estimate of drug-likeness (QED) is 0.866. The van der Waals surface area contributed by atoms with Crippen LogP contribution in [0.4, 0.5) is 0 Å². The van der Waals surface area contributed by atoms with Gasteiger partial charge in [0.15, 0.2) is 5.82 Å². The van der Waals surface area contributed by atoms with Crippen LogP contribution in [0.2, 0.25) is 5.02 Å². The molecule has 0 saturated carbocycles. The normalized spacial score (nSPS) is 11.1. The number of hydrogen-bond acceptors (Lipinski definition) is 4. The molecule has 0 aliphatic carbocycles. The lowest BCUT2D eigenvalue weighted by molar-refractivity contribution is 0.591. The van der Waals surface area contributed by atoms with Crippen LogP contribution in [-0.4, -0.2) is 29.4 Å². The Hall–Kier alpha value is -1.84. The minimum Gasteiger partial charge on any atom is -0.249 e. The van der Waals surface area contributed by atoms with Crippen LogP contribution in [0.1, 0.15) is 0 Å². The van der Waals surface area contributed by atoms with E-state index in [0.717, 1.165) is 0 Å². The second-order valence-corrected chi connectivity index (χ2v) is 5.78. The molecule has 1 N–H and O–H groups in total. The first-order valence-corrected chi connectivity index (χ1v) is 6.90. The maximum Gasteiger partial charge on any atom is 0.244 e. The Morgan fingerprint density at radius 2 is 2.00 bits per heavy atom. The summed E-state index contributed by atoms with van der Waals surface area (Å²) in [7, 11) is -3.60. The van der Waals surface area contributed by atoms with Crippen LogP contribution in [0.25, 0.3) is 11.4 Å². The van der Waals surface area contributed by atoms with E-state index in [2.05, 4.69) is 21.1 Å². The molecule has 1 heterocycles. The fraction of sp³-hybridized carbons (Fsp3) is 0.0909. The first kappa shape index (κ1) is 12.6. The van der Waals surface area contributed by atoms with Gasteiger partial charge in [0.25, 0.3) is 0 Å². The fourth-order valence-electron chi connectivity index (χ4n) is 1.29. The highest BCUT2D eigenvalue weighted by molar-refractivity contribution is 7.91. The number of halogens is 1. The fourth-order valence-corrected chi connectivity index (χ4v) is 2.18. The standard InChI is InChI=1S/C11H8ClN3O2S/c1-2-7-18(16,17)11-13-10(14-15-11)8-3-5-9(12)6-4-8/h1,3-6H,7H2,(H,13,14,15). The topological polar surface area (TPSA) is 75.7 Å². The lowest BCUT2D eigenvalue weighted by Crippen LogP contribution is -2.06. The Kier molecular flexibility index (Phi) is 3.36. The van der Waals surface area contributed by atoms with Crippen molar-refractivity contribution in [2.24, 2.45) is 0 Å². The molecule has 0 unspecified atom stereocenters. The van der Waals surface area contributed by atoms with Crippen molar-refractivity contribution in [2.45, 2.75) is 5.16 Å². The molecule has 0 saturated heterocycles.